The van der Waals surface area contributed by atoms with E-state index in [9.17, 15) is 14.0 Å². The van der Waals surface area contributed by atoms with Crippen LogP contribution in [-0.4, -0.2) is 11.6 Å². The lowest BCUT2D eigenvalue weighted by Gasteiger charge is -2.14. The summed E-state index contributed by atoms with van der Waals surface area (Å²) in [5, 5.41) is 0. The summed E-state index contributed by atoms with van der Waals surface area (Å²) < 4.78 is 13.9. The fourth-order valence-electron chi connectivity index (χ4n) is 3.17. The van der Waals surface area contributed by atoms with E-state index in [0.717, 1.165) is 5.56 Å². The van der Waals surface area contributed by atoms with Gasteiger partial charge in [-0.3, -0.25) is 9.59 Å². The molecular formula is C14H13FO2. The molecule has 2 nitrogen and oxygen atoms in total. The quantitative estimate of drug-likeness (QED) is 0.689. The van der Waals surface area contributed by atoms with Crippen molar-refractivity contribution in [3.8, 4) is 0 Å². The Morgan fingerprint density at radius 1 is 0.941 bits per heavy atom. The monoisotopic (exact) mass is 232 g/mol. The van der Waals surface area contributed by atoms with Crippen molar-refractivity contribution in [3.05, 3.63) is 35.1 Å². The van der Waals surface area contributed by atoms with Crippen LogP contribution >= 0.6 is 0 Å². The number of benzene rings is 1. The van der Waals surface area contributed by atoms with E-state index in [4.69, 9.17) is 0 Å². The first-order valence-electron chi connectivity index (χ1n) is 5.97. The van der Waals surface area contributed by atoms with Gasteiger partial charge in [-0.2, -0.15) is 0 Å². The second kappa shape index (κ2) is 3.76. The maximum absolute atomic E-state index is 13.9. The van der Waals surface area contributed by atoms with Gasteiger partial charge in [0.05, 0.1) is 0 Å². The van der Waals surface area contributed by atoms with Gasteiger partial charge in [-0.05, 0) is 23.1 Å². The van der Waals surface area contributed by atoms with Gasteiger partial charge in [-0.15, -0.1) is 0 Å². The second-order valence-corrected chi connectivity index (χ2v) is 5.03. The molecule has 3 rings (SSSR count). The molecule has 88 valence electrons. The molecule has 0 atom stereocenters. The van der Waals surface area contributed by atoms with E-state index in [2.05, 4.69) is 0 Å². The van der Waals surface area contributed by atoms with E-state index in [1.54, 1.807) is 6.07 Å². The molecule has 1 aromatic rings. The molecule has 0 saturated heterocycles. The van der Waals surface area contributed by atoms with Gasteiger partial charge in [0, 0.05) is 31.6 Å². The maximum atomic E-state index is 13.9. The normalized spacial score (nSPS) is 27.6. The Morgan fingerprint density at radius 3 is 2.18 bits per heavy atom. The molecule has 0 heterocycles. The van der Waals surface area contributed by atoms with Crippen LogP contribution in [-0.2, 0) is 9.59 Å². The average Bonchev–Trinajstić information content (AvgIpc) is 2.44. The van der Waals surface area contributed by atoms with E-state index in [1.807, 2.05) is 6.07 Å². The fourth-order valence-corrected chi connectivity index (χ4v) is 3.17. The third-order valence-electron chi connectivity index (χ3n) is 3.83. The summed E-state index contributed by atoms with van der Waals surface area (Å²) in [5.41, 5.74) is 1.50. The van der Waals surface area contributed by atoms with Crippen LogP contribution in [0.25, 0.3) is 0 Å². The molecule has 0 amide bonds. The van der Waals surface area contributed by atoms with Crippen LogP contribution in [0.3, 0.4) is 0 Å². The van der Waals surface area contributed by atoms with Crippen LogP contribution in [0.5, 0.6) is 0 Å². The summed E-state index contributed by atoms with van der Waals surface area (Å²) in [7, 11) is 0. The number of ketones is 2. The Bertz CT molecular complexity index is 487. The Kier molecular flexibility index (Phi) is 2.35. The predicted molar refractivity (Wildman–Crippen MR) is 60.4 cm³/mol. The molecule has 0 unspecified atom stereocenters. The minimum atomic E-state index is -0.262. The van der Waals surface area contributed by atoms with Crippen molar-refractivity contribution >= 4 is 11.6 Å². The van der Waals surface area contributed by atoms with Crippen LogP contribution < -0.4 is 0 Å². The summed E-state index contributed by atoms with van der Waals surface area (Å²) in [4.78, 5) is 23.5. The van der Waals surface area contributed by atoms with Gasteiger partial charge in [-0.1, -0.05) is 12.1 Å². The van der Waals surface area contributed by atoms with Crippen molar-refractivity contribution in [2.75, 3.05) is 0 Å². The lowest BCUT2D eigenvalue weighted by atomic mass is 9.88. The van der Waals surface area contributed by atoms with Crippen LogP contribution in [0.15, 0.2) is 18.2 Å². The fraction of sp³-hybridized carbons (Fsp3) is 0.429. The minimum absolute atomic E-state index is 0.104. The Balaban J connectivity index is 2.21. The van der Waals surface area contributed by atoms with E-state index in [-0.39, 0.29) is 29.2 Å². The Labute approximate surface area is 98.8 Å². The zero-order valence-corrected chi connectivity index (χ0v) is 9.41. The highest BCUT2D eigenvalue weighted by atomic mass is 19.1. The molecule has 0 radical (unpaired) electrons. The van der Waals surface area contributed by atoms with Crippen LogP contribution in [0.1, 0.15) is 48.6 Å². The molecule has 0 fully saturated rings. The number of carbonyl (C=O) groups is 2. The van der Waals surface area contributed by atoms with Crippen molar-refractivity contribution < 1.29 is 14.0 Å². The smallest absolute Gasteiger partial charge is 0.134 e. The number of carbonyl (C=O) groups excluding carboxylic acids is 2. The van der Waals surface area contributed by atoms with Gasteiger partial charge in [0.15, 0.2) is 0 Å². The highest BCUT2D eigenvalue weighted by Gasteiger charge is 2.36. The third kappa shape index (κ3) is 1.70. The van der Waals surface area contributed by atoms with E-state index < -0.39 is 0 Å². The number of hydrogen-bond acceptors (Lipinski definition) is 2. The van der Waals surface area contributed by atoms with Gasteiger partial charge < -0.3 is 0 Å². The van der Waals surface area contributed by atoms with Gasteiger partial charge in [-0.25, -0.2) is 4.39 Å². The lowest BCUT2D eigenvalue weighted by molar-refractivity contribution is -0.123. The SMILES string of the molecule is O=C1CC2CC(=O)CC(C1)c1c(F)cccc12. The van der Waals surface area contributed by atoms with Gasteiger partial charge in [0.2, 0.25) is 0 Å². The van der Waals surface area contributed by atoms with E-state index in [1.165, 1.54) is 6.07 Å². The molecule has 0 saturated carbocycles. The van der Waals surface area contributed by atoms with Gasteiger partial charge in [0.25, 0.3) is 0 Å². The summed E-state index contributed by atoms with van der Waals surface area (Å²) >= 11 is 0. The molecule has 2 bridgehead atoms. The molecule has 0 N–H and O–H groups in total. The maximum Gasteiger partial charge on any atom is 0.134 e. The topological polar surface area (TPSA) is 34.1 Å². The summed E-state index contributed by atoms with van der Waals surface area (Å²) in [6, 6.07) is 4.96. The van der Waals surface area contributed by atoms with Crippen molar-refractivity contribution in [2.24, 2.45) is 0 Å². The molecule has 0 spiro atoms. The summed E-state index contributed by atoms with van der Waals surface area (Å²) in [5.74, 6) is -0.292. The standard InChI is InChI=1S/C14H13FO2/c15-13-3-1-2-12-8-4-10(16)6-9(14(12)13)7-11(17)5-8/h1-3,8-9H,4-7H2. The van der Waals surface area contributed by atoms with E-state index >= 15 is 0 Å². The zero-order chi connectivity index (χ0) is 12.0. The van der Waals surface area contributed by atoms with Crippen LogP contribution in [0.4, 0.5) is 4.39 Å². The van der Waals surface area contributed by atoms with E-state index in [0.29, 0.717) is 31.2 Å². The summed E-state index contributed by atoms with van der Waals surface area (Å²) in [6.07, 6.45) is 1.41. The molecule has 2 aliphatic rings. The molecule has 2 aliphatic carbocycles. The molecular weight excluding hydrogens is 219 g/mol. The molecule has 0 aromatic heterocycles. The molecule has 1 aromatic carbocycles. The van der Waals surface area contributed by atoms with Crippen molar-refractivity contribution in [1.82, 2.24) is 0 Å². The Morgan fingerprint density at radius 2 is 1.53 bits per heavy atom. The largest absolute Gasteiger partial charge is 0.300 e. The van der Waals surface area contributed by atoms with Gasteiger partial charge in [0.1, 0.15) is 17.4 Å². The first-order chi connectivity index (χ1) is 8.15. The third-order valence-corrected chi connectivity index (χ3v) is 3.83. The lowest BCUT2D eigenvalue weighted by Crippen LogP contribution is -2.15. The van der Waals surface area contributed by atoms with Crippen molar-refractivity contribution in [2.45, 2.75) is 37.5 Å². The van der Waals surface area contributed by atoms with Crippen molar-refractivity contribution in [1.29, 1.82) is 0 Å². The highest BCUT2D eigenvalue weighted by Crippen LogP contribution is 2.43. The summed E-state index contributed by atoms with van der Waals surface area (Å²) in [6.45, 7) is 0. The van der Waals surface area contributed by atoms with Crippen LogP contribution in [0.2, 0.25) is 0 Å². The molecule has 0 aliphatic heterocycles. The first-order valence-corrected chi connectivity index (χ1v) is 5.97. The average molecular weight is 232 g/mol. The first kappa shape index (κ1) is 10.6. The van der Waals surface area contributed by atoms with Crippen LogP contribution in [0, 0.1) is 5.82 Å². The minimum Gasteiger partial charge on any atom is -0.300 e. The highest BCUT2D eigenvalue weighted by molar-refractivity contribution is 5.88. The Hall–Kier alpha value is -1.51. The predicted octanol–water partition coefficient (Wildman–Crippen LogP) is 2.72. The number of rotatable bonds is 0. The zero-order valence-electron chi connectivity index (χ0n) is 9.41. The number of hydrogen-bond donors (Lipinski definition) is 0. The number of halogens is 1. The molecule has 3 heteroatoms. The van der Waals surface area contributed by atoms with Crippen molar-refractivity contribution in [3.63, 3.8) is 0 Å². The van der Waals surface area contributed by atoms with Gasteiger partial charge >= 0.3 is 0 Å². The number of Topliss-reactive ketones (excluding diaryl/α,β-unsaturated/α-hetero) is 2. The second-order valence-electron chi connectivity index (χ2n) is 5.03. The molecule has 17 heavy (non-hydrogen) atoms.